The number of nitro benzene ring substituents is 1. The first kappa shape index (κ1) is 22.2. The molecule has 0 bridgehead atoms. The van der Waals surface area contributed by atoms with Crippen molar-refractivity contribution in [2.24, 2.45) is 0 Å². The molecular formula is C18H27N3O6. The van der Waals surface area contributed by atoms with Crippen molar-refractivity contribution >= 4 is 23.4 Å². The van der Waals surface area contributed by atoms with Crippen molar-refractivity contribution in [3.8, 4) is 0 Å². The van der Waals surface area contributed by atoms with E-state index in [0.717, 1.165) is 4.90 Å². The second kappa shape index (κ2) is 8.24. The Morgan fingerprint density at radius 3 is 2.15 bits per heavy atom. The van der Waals surface area contributed by atoms with Crippen molar-refractivity contribution in [3.63, 3.8) is 0 Å². The van der Waals surface area contributed by atoms with Crippen LogP contribution in [0.2, 0.25) is 0 Å². The van der Waals surface area contributed by atoms with E-state index < -0.39 is 28.2 Å². The van der Waals surface area contributed by atoms with Crippen molar-refractivity contribution in [1.29, 1.82) is 0 Å². The van der Waals surface area contributed by atoms with E-state index in [2.05, 4.69) is 0 Å². The second-order valence-electron chi connectivity index (χ2n) is 8.06. The Hall–Kier alpha value is -2.84. The van der Waals surface area contributed by atoms with Gasteiger partial charge in [-0.1, -0.05) is 0 Å². The molecule has 0 spiro atoms. The summed E-state index contributed by atoms with van der Waals surface area (Å²) in [5, 5.41) is 11.0. The van der Waals surface area contributed by atoms with E-state index >= 15 is 0 Å². The van der Waals surface area contributed by atoms with E-state index in [-0.39, 0.29) is 24.5 Å². The molecule has 0 saturated carbocycles. The maximum Gasteiger partial charge on any atom is 0.411 e. The number of nitro groups is 1. The predicted octanol–water partition coefficient (Wildman–Crippen LogP) is 3.26. The van der Waals surface area contributed by atoms with Gasteiger partial charge < -0.3 is 15.2 Å². The first-order valence-corrected chi connectivity index (χ1v) is 8.40. The summed E-state index contributed by atoms with van der Waals surface area (Å²) in [6, 6.07) is 3.92. The topological polar surface area (TPSA) is 125 Å². The van der Waals surface area contributed by atoms with Gasteiger partial charge in [-0.2, -0.15) is 0 Å². The molecule has 2 N–H and O–H groups in total. The van der Waals surface area contributed by atoms with Crippen LogP contribution in [0.4, 0.5) is 16.2 Å². The molecule has 150 valence electrons. The second-order valence-corrected chi connectivity index (χ2v) is 8.06. The number of non-ortho nitro benzene ring substituents is 1. The lowest BCUT2D eigenvalue weighted by molar-refractivity contribution is -0.384. The van der Waals surface area contributed by atoms with Crippen LogP contribution in [0.25, 0.3) is 0 Å². The standard InChI is InChI=1S/C18H27N3O6/c1-17(2,3)26-15(22)11-20(16(23)27-18(4,5)6)10-12-9-13(21(24)25)7-8-14(12)19/h7-9H,10-11,19H2,1-6H3. The molecule has 0 unspecified atom stereocenters. The van der Waals surface area contributed by atoms with Gasteiger partial charge >= 0.3 is 12.1 Å². The van der Waals surface area contributed by atoms with Crippen LogP contribution in [0.3, 0.4) is 0 Å². The minimum atomic E-state index is -0.780. The average molecular weight is 381 g/mol. The van der Waals surface area contributed by atoms with Crippen molar-refractivity contribution in [2.75, 3.05) is 12.3 Å². The summed E-state index contributed by atoms with van der Waals surface area (Å²) >= 11 is 0. The highest BCUT2D eigenvalue weighted by Crippen LogP contribution is 2.22. The third kappa shape index (κ3) is 7.93. The monoisotopic (exact) mass is 381 g/mol. The van der Waals surface area contributed by atoms with E-state index in [4.69, 9.17) is 15.2 Å². The molecule has 0 aliphatic rings. The van der Waals surface area contributed by atoms with Gasteiger partial charge in [-0.05, 0) is 47.6 Å². The lowest BCUT2D eigenvalue weighted by Gasteiger charge is -2.28. The Labute approximate surface area is 158 Å². The maximum atomic E-state index is 12.5. The van der Waals surface area contributed by atoms with Crippen molar-refractivity contribution in [3.05, 3.63) is 33.9 Å². The SMILES string of the molecule is CC(C)(C)OC(=O)CN(Cc1cc([N+](=O)[O-])ccc1N)C(=O)OC(C)(C)C. The lowest BCUT2D eigenvalue weighted by atomic mass is 10.1. The highest BCUT2D eigenvalue weighted by atomic mass is 16.6. The first-order valence-electron chi connectivity index (χ1n) is 8.40. The van der Waals surface area contributed by atoms with Crippen LogP contribution >= 0.6 is 0 Å². The Morgan fingerprint density at radius 2 is 1.67 bits per heavy atom. The molecule has 27 heavy (non-hydrogen) atoms. The number of nitrogen functional groups attached to an aromatic ring is 1. The summed E-state index contributed by atoms with van der Waals surface area (Å²) in [5.41, 5.74) is 4.81. The quantitative estimate of drug-likeness (QED) is 0.359. The highest BCUT2D eigenvalue weighted by molar-refractivity contribution is 5.78. The Kier molecular flexibility index (Phi) is 6.77. The smallest absolute Gasteiger partial charge is 0.411 e. The van der Waals surface area contributed by atoms with Gasteiger partial charge in [-0.3, -0.25) is 19.8 Å². The van der Waals surface area contributed by atoms with E-state index in [1.54, 1.807) is 41.5 Å². The van der Waals surface area contributed by atoms with E-state index in [0.29, 0.717) is 5.56 Å². The van der Waals surface area contributed by atoms with Crippen molar-refractivity contribution < 1.29 is 24.0 Å². The number of ether oxygens (including phenoxy) is 2. The third-order valence-electron chi connectivity index (χ3n) is 3.09. The third-order valence-corrected chi connectivity index (χ3v) is 3.09. The number of carbonyl (C=O) groups is 2. The molecule has 0 saturated heterocycles. The van der Waals surface area contributed by atoms with Crippen LogP contribution in [0.15, 0.2) is 18.2 Å². The summed E-state index contributed by atoms with van der Waals surface area (Å²) in [5.74, 6) is -0.627. The normalized spacial score (nSPS) is 11.6. The van der Waals surface area contributed by atoms with Crippen LogP contribution in [0.5, 0.6) is 0 Å². The molecular weight excluding hydrogens is 354 g/mol. The molecule has 1 rings (SSSR count). The molecule has 0 fully saturated rings. The van der Waals surface area contributed by atoms with E-state index in [9.17, 15) is 19.7 Å². The number of nitrogens with zero attached hydrogens (tertiary/aromatic N) is 2. The number of nitrogens with two attached hydrogens (primary N) is 1. The van der Waals surface area contributed by atoms with Crippen LogP contribution in [-0.4, -0.2) is 39.6 Å². The Morgan fingerprint density at radius 1 is 1.11 bits per heavy atom. The van der Waals surface area contributed by atoms with E-state index in [1.807, 2.05) is 0 Å². The molecule has 0 aliphatic carbocycles. The van der Waals surface area contributed by atoms with Gasteiger partial charge in [-0.25, -0.2) is 4.79 Å². The average Bonchev–Trinajstić information content (AvgIpc) is 2.44. The molecule has 0 atom stereocenters. The highest BCUT2D eigenvalue weighted by Gasteiger charge is 2.27. The summed E-state index contributed by atoms with van der Waals surface area (Å²) in [4.78, 5) is 36.2. The van der Waals surface area contributed by atoms with Crippen LogP contribution in [-0.2, 0) is 20.8 Å². The van der Waals surface area contributed by atoms with Crippen LogP contribution in [0, 0.1) is 10.1 Å². The van der Waals surface area contributed by atoms with Gasteiger partial charge in [-0.15, -0.1) is 0 Å². The number of benzene rings is 1. The zero-order chi connectivity index (χ0) is 21.0. The minimum absolute atomic E-state index is 0.137. The van der Waals surface area contributed by atoms with Gasteiger partial charge in [0.05, 0.1) is 11.5 Å². The van der Waals surface area contributed by atoms with E-state index in [1.165, 1.54) is 18.2 Å². The number of esters is 1. The zero-order valence-corrected chi connectivity index (χ0v) is 16.6. The number of anilines is 1. The Bertz CT molecular complexity index is 719. The summed E-state index contributed by atoms with van der Waals surface area (Å²) < 4.78 is 10.6. The van der Waals surface area contributed by atoms with Gasteiger partial charge in [0.1, 0.15) is 17.7 Å². The largest absolute Gasteiger partial charge is 0.459 e. The molecule has 0 aliphatic heterocycles. The molecule has 9 nitrogen and oxygen atoms in total. The minimum Gasteiger partial charge on any atom is -0.459 e. The van der Waals surface area contributed by atoms with Gasteiger partial charge in [0.15, 0.2) is 0 Å². The van der Waals surface area contributed by atoms with Crippen LogP contribution < -0.4 is 5.73 Å². The zero-order valence-electron chi connectivity index (χ0n) is 16.6. The molecule has 0 radical (unpaired) electrons. The number of hydrogen-bond donors (Lipinski definition) is 1. The number of amides is 1. The fourth-order valence-electron chi connectivity index (χ4n) is 2.09. The maximum absolute atomic E-state index is 12.5. The van der Waals surface area contributed by atoms with Crippen molar-refractivity contribution in [1.82, 2.24) is 4.90 Å². The Balaban J connectivity index is 3.11. The lowest BCUT2D eigenvalue weighted by Crippen LogP contribution is -2.41. The van der Waals surface area contributed by atoms with Gasteiger partial charge in [0, 0.05) is 23.4 Å². The first-order chi connectivity index (χ1) is 12.2. The summed E-state index contributed by atoms with van der Waals surface area (Å²) in [6.07, 6.45) is -0.751. The fraction of sp³-hybridized carbons (Fsp3) is 0.556. The number of rotatable bonds is 5. The summed E-state index contributed by atoms with van der Waals surface area (Å²) in [7, 11) is 0. The molecule has 0 heterocycles. The number of hydrogen-bond acceptors (Lipinski definition) is 7. The molecule has 1 aromatic carbocycles. The summed E-state index contributed by atoms with van der Waals surface area (Å²) in [6.45, 7) is 9.69. The van der Waals surface area contributed by atoms with Gasteiger partial charge in [0.25, 0.3) is 5.69 Å². The van der Waals surface area contributed by atoms with Crippen LogP contribution in [0.1, 0.15) is 47.1 Å². The van der Waals surface area contributed by atoms with Crippen molar-refractivity contribution in [2.45, 2.75) is 59.3 Å². The molecule has 1 aromatic rings. The van der Waals surface area contributed by atoms with Gasteiger partial charge in [0.2, 0.25) is 0 Å². The molecule has 1 amide bonds. The number of carbonyl (C=O) groups excluding carboxylic acids is 2. The molecule has 0 aromatic heterocycles. The predicted molar refractivity (Wildman–Crippen MR) is 100.0 cm³/mol. The fourth-order valence-corrected chi connectivity index (χ4v) is 2.09. The molecule has 9 heteroatoms.